The Morgan fingerprint density at radius 2 is 2.36 bits per heavy atom. The van der Waals surface area contributed by atoms with Crippen molar-refractivity contribution in [1.82, 2.24) is 10.3 Å². The number of carbonyl (C=O) groups excluding carboxylic acids is 1. The summed E-state index contributed by atoms with van der Waals surface area (Å²) in [6.45, 7) is 1.81. The predicted molar refractivity (Wildman–Crippen MR) is 53.7 cm³/mol. The van der Waals surface area contributed by atoms with Crippen molar-refractivity contribution >= 4 is 17.5 Å². The minimum Gasteiger partial charge on any atom is -0.461 e. The molecule has 0 aliphatic carbocycles. The highest BCUT2D eigenvalue weighted by atomic mass is 35.5. The number of halogens is 1. The quantitative estimate of drug-likeness (QED) is 0.773. The van der Waals surface area contributed by atoms with Crippen LogP contribution in [-0.4, -0.2) is 24.0 Å². The monoisotopic (exact) mass is 214 g/mol. The van der Waals surface area contributed by atoms with Crippen LogP contribution in [-0.2, 0) is 0 Å². The number of aromatic nitrogens is 1. The zero-order chi connectivity index (χ0) is 10.6. The molecule has 4 nitrogen and oxygen atoms in total. The van der Waals surface area contributed by atoms with Crippen molar-refractivity contribution in [2.24, 2.45) is 0 Å². The summed E-state index contributed by atoms with van der Waals surface area (Å²) < 4.78 is 5.03. The average molecular weight is 215 g/mol. The average Bonchev–Trinajstić information content (AvgIpc) is 2.17. The van der Waals surface area contributed by atoms with E-state index < -0.39 is 0 Å². The zero-order valence-electron chi connectivity index (χ0n) is 8.00. The smallest absolute Gasteiger partial charge is 0.256 e. The Balaban J connectivity index is 3.07. The lowest BCUT2D eigenvalue weighted by Crippen LogP contribution is -2.19. The maximum absolute atomic E-state index is 11.3. The molecule has 1 aromatic heterocycles. The summed E-state index contributed by atoms with van der Waals surface area (Å²) in [4.78, 5) is 15.4. The molecule has 76 valence electrons. The number of nitrogens with zero attached hydrogens (tertiary/aromatic N) is 1. The van der Waals surface area contributed by atoms with Gasteiger partial charge in [0.2, 0.25) is 5.88 Å². The number of aryl methyl sites for hydroxylation is 1. The van der Waals surface area contributed by atoms with Gasteiger partial charge in [-0.05, 0) is 19.1 Å². The summed E-state index contributed by atoms with van der Waals surface area (Å²) >= 11 is 5.41. The molecule has 5 heteroatoms. The van der Waals surface area contributed by atoms with Gasteiger partial charge in [-0.2, -0.15) is 0 Å². The lowest BCUT2D eigenvalue weighted by molar-refractivity contribution is 0.0959. The van der Waals surface area contributed by atoms with Gasteiger partial charge in [0.1, 0.15) is 5.56 Å². The second-order valence-corrected chi connectivity index (χ2v) is 2.86. The van der Waals surface area contributed by atoms with Crippen molar-refractivity contribution < 1.29 is 9.53 Å². The summed E-state index contributed by atoms with van der Waals surface area (Å²) in [5.74, 6) is 0.0250. The van der Waals surface area contributed by atoms with Crippen LogP contribution in [0.5, 0.6) is 5.88 Å². The van der Waals surface area contributed by atoms with Crippen molar-refractivity contribution in [3.63, 3.8) is 0 Å². The van der Waals surface area contributed by atoms with Gasteiger partial charge in [0, 0.05) is 12.7 Å². The number of carbonyl (C=O) groups is 1. The Morgan fingerprint density at radius 3 is 2.93 bits per heavy atom. The third kappa shape index (κ3) is 2.35. The molecule has 0 aliphatic heterocycles. The number of ether oxygens (including phenoxy) is 1. The number of hydrogen-bond acceptors (Lipinski definition) is 3. The number of rotatable bonds is 3. The van der Waals surface area contributed by atoms with Gasteiger partial charge in [-0.3, -0.25) is 4.79 Å². The first-order valence-electron chi connectivity index (χ1n) is 4.07. The zero-order valence-corrected chi connectivity index (χ0v) is 8.76. The summed E-state index contributed by atoms with van der Waals surface area (Å²) in [5.41, 5.74) is 1.16. The van der Waals surface area contributed by atoms with Crippen LogP contribution in [0.2, 0.25) is 0 Å². The largest absolute Gasteiger partial charge is 0.461 e. The van der Waals surface area contributed by atoms with Crippen molar-refractivity contribution in [1.29, 1.82) is 0 Å². The second-order valence-electron chi connectivity index (χ2n) is 2.64. The number of amides is 1. The molecule has 1 N–H and O–H groups in total. The molecular formula is C9H11ClN2O2. The highest BCUT2D eigenvalue weighted by Gasteiger charge is 2.12. The molecule has 1 amide bonds. The maximum Gasteiger partial charge on any atom is 0.256 e. The van der Waals surface area contributed by atoms with E-state index in [2.05, 4.69) is 10.3 Å². The molecule has 1 heterocycles. The summed E-state index contributed by atoms with van der Waals surface area (Å²) in [6.07, 6.45) is 0. The number of pyridine rings is 1. The van der Waals surface area contributed by atoms with Gasteiger partial charge in [-0.25, -0.2) is 4.98 Å². The van der Waals surface area contributed by atoms with Gasteiger partial charge in [-0.1, -0.05) is 11.6 Å². The molecule has 0 spiro atoms. The van der Waals surface area contributed by atoms with Gasteiger partial charge in [0.05, 0.1) is 0 Å². The minimum absolute atomic E-state index is 0.0273. The van der Waals surface area contributed by atoms with Gasteiger partial charge in [0.15, 0.2) is 6.07 Å². The molecule has 0 radical (unpaired) electrons. The molecule has 1 aromatic rings. The fraction of sp³-hybridized carbons (Fsp3) is 0.333. The van der Waals surface area contributed by atoms with Crippen LogP contribution in [0.4, 0.5) is 0 Å². The normalized spacial score (nSPS) is 9.64. The Hall–Kier alpha value is -1.29. The van der Waals surface area contributed by atoms with Gasteiger partial charge >= 0.3 is 0 Å². The van der Waals surface area contributed by atoms with E-state index in [-0.39, 0.29) is 17.9 Å². The van der Waals surface area contributed by atoms with Crippen molar-refractivity contribution in [2.45, 2.75) is 6.92 Å². The molecule has 0 unspecified atom stereocenters. The molecule has 14 heavy (non-hydrogen) atoms. The van der Waals surface area contributed by atoms with Crippen molar-refractivity contribution in [3.8, 4) is 5.88 Å². The molecule has 0 aliphatic rings. The fourth-order valence-electron chi connectivity index (χ4n) is 1.00. The van der Waals surface area contributed by atoms with Crippen LogP contribution in [0, 0.1) is 6.92 Å². The third-order valence-corrected chi connectivity index (χ3v) is 1.77. The topological polar surface area (TPSA) is 51.2 Å². The SMILES string of the molecule is CNC(=O)c1ccc(C)nc1OCCl. The van der Waals surface area contributed by atoms with Crippen LogP contribution in [0.25, 0.3) is 0 Å². The lowest BCUT2D eigenvalue weighted by Gasteiger charge is -2.07. The van der Waals surface area contributed by atoms with E-state index >= 15 is 0 Å². The first kappa shape index (κ1) is 10.8. The number of hydrogen-bond donors (Lipinski definition) is 1. The molecule has 0 atom stereocenters. The third-order valence-electron chi connectivity index (χ3n) is 1.66. The van der Waals surface area contributed by atoms with Crippen molar-refractivity contribution in [2.75, 3.05) is 13.1 Å². The Kier molecular flexibility index (Phi) is 3.71. The van der Waals surface area contributed by atoms with E-state index in [1.165, 1.54) is 0 Å². The van der Waals surface area contributed by atoms with Crippen molar-refractivity contribution in [3.05, 3.63) is 23.4 Å². The Morgan fingerprint density at radius 1 is 1.64 bits per heavy atom. The van der Waals surface area contributed by atoms with E-state index in [0.717, 1.165) is 5.69 Å². The molecular weight excluding hydrogens is 204 g/mol. The van der Waals surface area contributed by atoms with Gasteiger partial charge in [0.25, 0.3) is 5.91 Å². The standard InChI is InChI=1S/C9H11ClN2O2/c1-6-3-4-7(8(13)11-2)9(12-6)14-5-10/h3-4H,5H2,1-2H3,(H,11,13). The van der Waals surface area contributed by atoms with E-state index in [9.17, 15) is 4.79 Å². The van der Waals surface area contributed by atoms with Crippen LogP contribution in [0.3, 0.4) is 0 Å². The van der Waals surface area contributed by atoms with E-state index in [1.807, 2.05) is 6.92 Å². The number of nitrogens with one attached hydrogen (secondary N) is 1. The lowest BCUT2D eigenvalue weighted by atomic mass is 10.2. The molecule has 0 saturated heterocycles. The molecule has 0 saturated carbocycles. The van der Waals surface area contributed by atoms with Gasteiger partial charge in [-0.15, -0.1) is 0 Å². The number of alkyl halides is 1. The molecule has 0 aromatic carbocycles. The summed E-state index contributed by atoms with van der Waals surface area (Å²) in [7, 11) is 1.55. The minimum atomic E-state index is -0.238. The molecule has 0 fully saturated rings. The highest BCUT2D eigenvalue weighted by Crippen LogP contribution is 2.16. The fourth-order valence-corrected chi connectivity index (χ4v) is 1.11. The molecule has 0 bridgehead atoms. The van der Waals surface area contributed by atoms with Crippen LogP contribution < -0.4 is 10.1 Å². The van der Waals surface area contributed by atoms with Gasteiger partial charge < -0.3 is 10.1 Å². The van der Waals surface area contributed by atoms with E-state index in [0.29, 0.717) is 5.56 Å². The van der Waals surface area contributed by atoms with E-state index in [4.69, 9.17) is 16.3 Å². The Bertz CT molecular complexity index is 342. The highest BCUT2D eigenvalue weighted by molar-refractivity contribution is 6.17. The first-order chi connectivity index (χ1) is 6.69. The van der Waals surface area contributed by atoms with Crippen LogP contribution >= 0.6 is 11.6 Å². The summed E-state index contributed by atoms with van der Waals surface area (Å²) in [5, 5.41) is 2.50. The first-order valence-corrected chi connectivity index (χ1v) is 4.61. The van der Waals surface area contributed by atoms with Crippen LogP contribution in [0.1, 0.15) is 16.1 Å². The summed E-state index contributed by atoms with van der Waals surface area (Å²) in [6, 6.07) is 3.37. The maximum atomic E-state index is 11.3. The predicted octanol–water partition coefficient (Wildman–Crippen LogP) is 1.32. The van der Waals surface area contributed by atoms with Crippen LogP contribution in [0.15, 0.2) is 12.1 Å². The molecule has 1 rings (SSSR count). The van der Waals surface area contributed by atoms with E-state index in [1.54, 1.807) is 19.2 Å². The second kappa shape index (κ2) is 4.81. The Labute approximate surface area is 87.2 Å².